The smallest absolute Gasteiger partial charge is 0.254 e. The van der Waals surface area contributed by atoms with Gasteiger partial charge in [0.25, 0.3) is 5.91 Å². The van der Waals surface area contributed by atoms with E-state index >= 15 is 0 Å². The van der Waals surface area contributed by atoms with Crippen molar-refractivity contribution >= 4 is 45.6 Å². The number of fused-ring (bicyclic) bond motifs is 2. The van der Waals surface area contributed by atoms with Crippen LogP contribution in [-0.4, -0.2) is 38.7 Å². The first kappa shape index (κ1) is 22.0. The maximum absolute atomic E-state index is 13.7. The predicted molar refractivity (Wildman–Crippen MR) is 138 cm³/mol. The van der Waals surface area contributed by atoms with E-state index in [2.05, 4.69) is 31.5 Å². The van der Waals surface area contributed by atoms with Crippen molar-refractivity contribution in [2.24, 2.45) is 5.92 Å². The van der Waals surface area contributed by atoms with E-state index in [9.17, 15) is 10.1 Å². The topological polar surface area (TPSA) is 114 Å². The van der Waals surface area contributed by atoms with E-state index in [0.717, 1.165) is 29.0 Å². The van der Waals surface area contributed by atoms with Gasteiger partial charge < -0.3 is 10.2 Å². The molecule has 9 heteroatoms. The Bertz CT molecular complexity index is 1480. The Morgan fingerprint density at radius 1 is 1.17 bits per heavy atom. The summed E-state index contributed by atoms with van der Waals surface area (Å²) in [6, 6.07) is 14.8. The monoisotopic (exact) mass is 478 g/mol. The number of rotatable bonds is 5. The molecule has 1 aliphatic carbocycles. The van der Waals surface area contributed by atoms with Crippen LogP contribution in [0.1, 0.15) is 38.2 Å². The van der Waals surface area contributed by atoms with Crippen LogP contribution in [0.3, 0.4) is 0 Å². The standard InChI is InChI=1S/C27H26N8O/c1-17-26(36)35(22-8-4-7-19(11-22)13-28)24-15-29-27(31-21-9-10-23-20(12-21)14-30-33-23)32-25(24)34(17)16-18-5-2-3-6-18/h4,7-12,14-15,17-18H,2-3,5-6,16H2,1H3,(H,30,33)(H,29,31,32)/t17-/m1/s1. The molecule has 2 aromatic carbocycles. The highest BCUT2D eigenvalue weighted by Gasteiger charge is 2.39. The number of nitrogens with zero attached hydrogens (tertiary/aromatic N) is 6. The molecule has 1 fully saturated rings. The molecule has 2 N–H and O–H groups in total. The van der Waals surface area contributed by atoms with Crippen LogP contribution in [0.2, 0.25) is 0 Å². The molecule has 6 rings (SSSR count). The van der Waals surface area contributed by atoms with Crippen LogP contribution >= 0.6 is 0 Å². The summed E-state index contributed by atoms with van der Waals surface area (Å²) >= 11 is 0. The van der Waals surface area contributed by atoms with E-state index in [1.807, 2.05) is 31.2 Å². The lowest BCUT2D eigenvalue weighted by Gasteiger charge is -2.41. The minimum absolute atomic E-state index is 0.0506. The third-order valence-electron chi connectivity index (χ3n) is 7.17. The second-order valence-electron chi connectivity index (χ2n) is 9.51. The summed E-state index contributed by atoms with van der Waals surface area (Å²) in [7, 11) is 0. The van der Waals surface area contributed by atoms with Gasteiger partial charge in [0.1, 0.15) is 11.7 Å². The number of hydrogen-bond donors (Lipinski definition) is 2. The number of nitrogens with one attached hydrogen (secondary N) is 2. The molecule has 3 heterocycles. The van der Waals surface area contributed by atoms with E-state index in [4.69, 9.17) is 4.98 Å². The lowest BCUT2D eigenvalue weighted by molar-refractivity contribution is -0.119. The van der Waals surface area contributed by atoms with Gasteiger partial charge >= 0.3 is 0 Å². The Hall–Kier alpha value is -4.45. The van der Waals surface area contributed by atoms with E-state index in [1.165, 1.54) is 25.7 Å². The number of aromatic amines is 1. The first-order chi connectivity index (χ1) is 17.6. The highest BCUT2D eigenvalue weighted by Crippen LogP contribution is 2.41. The van der Waals surface area contributed by atoms with E-state index < -0.39 is 6.04 Å². The lowest BCUT2D eigenvalue weighted by atomic mass is 10.0. The number of carbonyl (C=O) groups is 1. The van der Waals surface area contributed by atoms with Crippen molar-refractivity contribution < 1.29 is 4.79 Å². The number of hydrogen-bond acceptors (Lipinski definition) is 7. The van der Waals surface area contributed by atoms with E-state index in [-0.39, 0.29) is 5.91 Å². The largest absolute Gasteiger partial charge is 0.343 e. The molecule has 9 nitrogen and oxygen atoms in total. The van der Waals surface area contributed by atoms with Gasteiger partial charge in [0.2, 0.25) is 5.95 Å². The number of H-pyrrole nitrogens is 1. The van der Waals surface area contributed by atoms with Crippen LogP contribution in [0.4, 0.5) is 28.8 Å². The molecule has 0 spiro atoms. The molecule has 0 saturated heterocycles. The molecular formula is C27H26N8O. The first-order valence-electron chi connectivity index (χ1n) is 12.3. The lowest BCUT2D eigenvalue weighted by Crippen LogP contribution is -2.52. The maximum Gasteiger partial charge on any atom is 0.254 e. The minimum Gasteiger partial charge on any atom is -0.343 e. The molecule has 1 saturated carbocycles. The number of benzene rings is 2. The molecule has 1 atom stereocenters. The molecule has 0 bridgehead atoms. The fourth-order valence-corrected chi connectivity index (χ4v) is 5.26. The predicted octanol–water partition coefficient (Wildman–Crippen LogP) is 5.03. The fourth-order valence-electron chi connectivity index (χ4n) is 5.26. The summed E-state index contributed by atoms with van der Waals surface area (Å²) in [4.78, 5) is 26.9. The zero-order valence-corrected chi connectivity index (χ0v) is 20.0. The average molecular weight is 479 g/mol. The molecule has 36 heavy (non-hydrogen) atoms. The van der Waals surface area contributed by atoms with Gasteiger partial charge in [-0.3, -0.25) is 14.8 Å². The SMILES string of the molecule is C[C@@H]1C(=O)N(c2cccc(C#N)c2)c2cnc(Nc3ccc4[nH]ncc4c3)nc2N1CC1CCCC1. The summed E-state index contributed by atoms with van der Waals surface area (Å²) in [5, 5.41) is 20.7. The fraction of sp³-hybridized carbons (Fsp3) is 0.296. The Balaban J connectivity index is 1.41. The zero-order chi connectivity index (χ0) is 24.6. The van der Waals surface area contributed by atoms with Crippen LogP contribution in [-0.2, 0) is 4.79 Å². The molecule has 0 unspecified atom stereocenters. The molecule has 4 aromatic rings. The molecule has 2 aromatic heterocycles. The van der Waals surface area contributed by atoms with Crippen LogP contribution in [0.15, 0.2) is 54.9 Å². The highest BCUT2D eigenvalue weighted by atomic mass is 16.2. The Morgan fingerprint density at radius 3 is 2.86 bits per heavy atom. The van der Waals surface area contributed by atoms with Gasteiger partial charge in [-0.05, 0) is 62.1 Å². The second-order valence-corrected chi connectivity index (χ2v) is 9.51. The summed E-state index contributed by atoms with van der Waals surface area (Å²) in [6.07, 6.45) is 8.27. The number of anilines is 5. The van der Waals surface area contributed by atoms with Gasteiger partial charge in [-0.15, -0.1) is 0 Å². The quantitative estimate of drug-likeness (QED) is 0.413. The number of nitriles is 1. The number of carbonyl (C=O) groups excluding carboxylic acids is 1. The van der Waals surface area contributed by atoms with Crippen molar-refractivity contribution in [3.63, 3.8) is 0 Å². The van der Waals surface area contributed by atoms with Gasteiger partial charge in [-0.25, -0.2) is 4.98 Å². The normalized spacial score (nSPS) is 17.9. The molecule has 180 valence electrons. The van der Waals surface area contributed by atoms with Crippen molar-refractivity contribution in [2.75, 3.05) is 21.7 Å². The van der Waals surface area contributed by atoms with Crippen molar-refractivity contribution in [3.8, 4) is 6.07 Å². The van der Waals surface area contributed by atoms with Gasteiger partial charge in [0, 0.05) is 17.6 Å². The van der Waals surface area contributed by atoms with Crippen molar-refractivity contribution in [1.82, 2.24) is 20.2 Å². The van der Waals surface area contributed by atoms with Crippen molar-refractivity contribution in [2.45, 2.75) is 38.6 Å². The van der Waals surface area contributed by atoms with E-state index in [0.29, 0.717) is 28.8 Å². The molecule has 2 aliphatic rings. The third kappa shape index (κ3) is 3.90. The summed E-state index contributed by atoms with van der Waals surface area (Å²) in [5.74, 6) is 1.67. The number of aromatic nitrogens is 4. The van der Waals surface area contributed by atoms with Crippen LogP contribution in [0.25, 0.3) is 10.9 Å². The summed E-state index contributed by atoms with van der Waals surface area (Å²) in [6.45, 7) is 2.72. The van der Waals surface area contributed by atoms with Crippen molar-refractivity contribution in [1.29, 1.82) is 5.26 Å². The first-order valence-corrected chi connectivity index (χ1v) is 12.3. The van der Waals surface area contributed by atoms with Crippen LogP contribution in [0, 0.1) is 17.2 Å². The second kappa shape index (κ2) is 8.96. The molecule has 0 radical (unpaired) electrons. The molecule has 1 amide bonds. The zero-order valence-electron chi connectivity index (χ0n) is 20.0. The highest BCUT2D eigenvalue weighted by molar-refractivity contribution is 6.09. The maximum atomic E-state index is 13.7. The Kier molecular flexibility index (Phi) is 5.49. The molecular weight excluding hydrogens is 452 g/mol. The Labute approximate surface area is 208 Å². The van der Waals surface area contributed by atoms with Crippen LogP contribution in [0.5, 0.6) is 0 Å². The van der Waals surface area contributed by atoms with Gasteiger partial charge in [-0.2, -0.15) is 15.3 Å². The van der Waals surface area contributed by atoms with Gasteiger partial charge in [0.15, 0.2) is 5.82 Å². The van der Waals surface area contributed by atoms with E-state index in [1.54, 1.807) is 35.5 Å². The van der Waals surface area contributed by atoms with Crippen molar-refractivity contribution in [3.05, 3.63) is 60.4 Å². The minimum atomic E-state index is -0.395. The average Bonchev–Trinajstić information content (AvgIpc) is 3.59. The number of amides is 1. The Morgan fingerprint density at radius 2 is 2.03 bits per heavy atom. The summed E-state index contributed by atoms with van der Waals surface area (Å²) in [5.41, 5.74) is 3.57. The van der Waals surface area contributed by atoms with Crippen LogP contribution < -0.4 is 15.1 Å². The molecule has 1 aliphatic heterocycles. The summed E-state index contributed by atoms with van der Waals surface area (Å²) < 4.78 is 0. The van der Waals surface area contributed by atoms with Gasteiger partial charge in [-0.1, -0.05) is 18.9 Å². The third-order valence-corrected chi connectivity index (χ3v) is 7.17. The van der Waals surface area contributed by atoms with Gasteiger partial charge in [0.05, 0.1) is 35.2 Å².